The van der Waals surface area contributed by atoms with Crippen LogP contribution < -0.4 is 5.43 Å². The Kier molecular flexibility index (Phi) is 4.48. The van der Waals surface area contributed by atoms with Gasteiger partial charge in [0.05, 0.1) is 11.9 Å². The Morgan fingerprint density at radius 3 is 2.70 bits per heavy atom. The predicted molar refractivity (Wildman–Crippen MR) is 94.6 cm³/mol. The number of halogens is 1. The number of aryl methyl sites for hydroxylation is 2. The van der Waals surface area contributed by atoms with Crippen molar-refractivity contribution in [2.75, 3.05) is 5.43 Å². The quantitative estimate of drug-likeness (QED) is 0.540. The maximum atomic E-state index is 13.4. The van der Waals surface area contributed by atoms with E-state index < -0.39 is 0 Å². The first-order valence-electron chi connectivity index (χ1n) is 7.19. The predicted octanol–water partition coefficient (Wildman–Crippen LogP) is 5.01. The summed E-state index contributed by atoms with van der Waals surface area (Å²) in [5, 5.41) is 6.94. The molecule has 116 valence electrons. The van der Waals surface area contributed by atoms with Gasteiger partial charge >= 0.3 is 0 Å². The molecule has 0 atom stereocenters. The van der Waals surface area contributed by atoms with Gasteiger partial charge in [-0.1, -0.05) is 24.3 Å². The largest absolute Gasteiger partial charge is 0.253 e. The summed E-state index contributed by atoms with van der Waals surface area (Å²) in [6.07, 6.45) is 1.75. The SMILES string of the molecule is Cc1csc(NN=Cc2cccc(-c3ccc(F)c(C)c3)c2)n1. The van der Waals surface area contributed by atoms with Gasteiger partial charge in [-0.2, -0.15) is 5.10 Å². The van der Waals surface area contributed by atoms with E-state index in [0.29, 0.717) is 5.56 Å². The van der Waals surface area contributed by atoms with Crippen LogP contribution in [0.25, 0.3) is 11.1 Å². The summed E-state index contributed by atoms with van der Waals surface area (Å²) >= 11 is 1.52. The number of hydrogen-bond donors (Lipinski definition) is 1. The lowest BCUT2D eigenvalue weighted by molar-refractivity contribution is 0.619. The van der Waals surface area contributed by atoms with Crippen LogP contribution in [0.15, 0.2) is 52.9 Å². The van der Waals surface area contributed by atoms with Crippen LogP contribution >= 0.6 is 11.3 Å². The molecule has 0 radical (unpaired) electrons. The fourth-order valence-electron chi connectivity index (χ4n) is 2.19. The van der Waals surface area contributed by atoms with Crippen LogP contribution in [-0.2, 0) is 0 Å². The maximum absolute atomic E-state index is 13.4. The molecule has 0 aliphatic rings. The highest BCUT2D eigenvalue weighted by Crippen LogP contribution is 2.22. The van der Waals surface area contributed by atoms with Gasteiger partial charge in [-0.15, -0.1) is 11.3 Å². The zero-order chi connectivity index (χ0) is 16.2. The highest BCUT2D eigenvalue weighted by molar-refractivity contribution is 7.13. The third kappa shape index (κ3) is 3.81. The molecule has 0 aliphatic carbocycles. The van der Waals surface area contributed by atoms with Crippen LogP contribution in [0.5, 0.6) is 0 Å². The highest BCUT2D eigenvalue weighted by Gasteiger charge is 2.02. The van der Waals surface area contributed by atoms with Gasteiger partial charge in [0.25, 0.3) is 0 Å². The van der Waals surface area contributed by atoms with Gasteiger partial charge in [0.2, 0.25) is 5.13 Å². The van der Waals surface area contributed by atoms with Crippen molar-refractivity contribution >= 4 is 22.7 Å². The highest BCUT2D eigenvalue weighted by atomic mass is 32.1. The Hall–Kier alpha value is -2.53. The molecular formula is C18H16FN3S. The lowest BCUT2D eigenvalue weighted by Crippen LogP contribution is -1.91. The smallest absolute Gasteiger partial charge is 0.203 e. The second-order valence-electron chi connectivity index (χ2n) is 5.25. The molecule has 23 heavy (non-hydrogen) atoms. The van der Waals surface area contributed by atoms with E-state index in [0.717, 1.165) is 27.5 Å². The number of benzene rings is 2. The number of anilines is 1. The standard InChI is InChI=1S/C18H16FN3S/c1-12-8-16(6-7-17(12)19)15-5-3-4-14(9-15)10-20-22-18-21-13(2)11-23-18/h3-11H,1-2H3,(H,21,22). The van der Waals surface area contributed by atoms with Crippen molar-refractivity contribution in [2.24, 2.45) is 5.10 Å². The van der Waals surface area contributed by atoms with E-state index >= 15 is 0 Å². The van der Waals surface area contributed by atoms with Crippen molar-refractivity contribution in [3.63, 3.8) is 0 Å². The molecule has 0 spiro atoms. The van der Waals surface area contributed by atoms with E-state index in [1.165, 1.54) is 17.4 Å². The summed E-state index contributed by atoms with van der Waals surface area (Å²) in [6.45, 7) is 3.71. The number of nitrogens with zero attached hydrogens (tertiary/aromatic N) is 2. The summed E-state index contributed by atoms with van der Waals surface area (Å²) in [5.74, 6) is -0.186. The molecule has 3 nitrogen and oxygen atoms in total. The minimum atomic E-state index is -0.186. The average Bonchev–Trinajstić information content (AvgIpc) is 2.96. The molecule has 3 aromatic rings. The van der Waals surface area contributed by atoms with E-state index in [1.807, 2.05) is 42.6 Å². The monoisotopic (exact) mass is 325 g/mol. The van der Waals surface area contributed by atoms with Crippen molar-refractivity contribution in [1.29, 1.82) is 0 Å². The molecule has 1 heterocycles. The molecule has 0 saturated heterocycles. The molecule has 0 aliphatic heterocycles. The van der Waals surface area contributed by atoms with Gasteiger partial charge in [-0.05, 0) is 54.3 Å². The van der Waals surface area contributed by atoms with E-state index in [4.69, 9.17) is 0 Å². The zero-order valence-corrected chi connectivity index (χ0v) is 13.7. The lowest BCUT2D eigenvalue weighted by Gasteiger charge is -2.05. The van der Waals surface area contributed by atoms with Crippen LogP contribution in [0.4, 0.5) is 9.52 Å². The van der Waals surface area contributed by atoms with Crippen molar-refractivity contribution in [2.45, 2.75) is 13.8 Å². The van der Waals surface area contributed by atoms with Crippen molar-refractivity contribution in [3.8, 4) is 11.1 Å². The first kappa shape index (κ1) is 15.4. The van der Waals surface area contributed by atoms with E-state index in [2.05, 4.69) is 15.5 Å². The molecule has 0 amide bonds. The normalized spacial score (nSPS) is 11.1. The molecule has 0 unspecified atom stereocenters. The van der Waals surface area contributed by atoms with E-state index in [1.54, 1.807) is 19.2 Å². The third-order valence-corrected chi connectivity index (χ3v) is 4.24. The van der Waals surface area contributed by atoms with Crippen LogP contribution in [0.1, 0.15) is 16.8 Å². The third-order valence-electron chi connectivity index (χ3n) is 3.37. The molecule has 3 rings (SSSR count). The van der Waals surface area contributed by atoms with Crippen molar-refractivity contribution in [1.82, 2.24) is 4.98 Å². The fraction of sp³-hybridized carbons (Fsp3) is 0.111. The minimum Gasteiger partial charge on any atom is -0.253 e. The average molecular weight is 325 g/mol. The molecule has 0 bridgehead atoms. The van der Waals surface area contributed by atoms with Crippen LogP contribution in [0.3, 0.4) is 0 Å². The second-order valence-corrected chi connectivity index (χ2v) is 6.11. The topological polar surface area (TPSA) is 37.3 Å². The number of hydrazone groups is 1. The first-order chi connectivity index (χ1) is 11.1. The zero-order valence-electron chi connectivity index (χ0n) is 12.9. The molecule has 1 N–H and O–H groups in total. The van der Waals surface area contributed by atoms with Gasteiger partial charge in [-0.25, -0.2) is 9.37 Å². The van der Waals surface area contributed by atoms with E-state index in [9.17, 15) is 4.39 Å². The Labute approximate surface area is 138 Å². The minimum absolute atomic E-state index is 0.186. The number of hydrogen-bond acceptors (Lipinski definition) is 4. The van der Waals surface area contributed by atoms with E-state index in [-0.39, 0.29) is 5.82 Å². The Morgan fingerprint density at radius 2 is 1.96 bits per heavy atom. The molecule has 1 aromatic heterocycles. The maximum Gasteiger partial charge on any atom is 0.203 e. The molecule has 2 aromatic carbocycles. The van der Waals surface area contributed by atoms with Gasteiger partial charge in [-0.3, -0.25) is 5.43 Å². The van der Waals surface area contributed by atoms with Crippen molar-refractivity contribution < 1.29 is 4.39 Å². The Bertz CT molecular complexity index is 855. The van der Waals surface area contributed by atoms with Crippen LogP contribution in [0.2, 0.25) is 0 Å². The molecular weight excluding hydrogens is 309 g/mol. The summed E-state index contributed by atoms with van der Waals surface area (Å²) in [5.41, 5.74) is 7.51. The number of nitrogens with one attached hydrogen (secondary N) is 1. The molecule has 0 fully saturated rings. The van der Waals surface area contributed by atoms with Crippen molar-refractivity contribution in [3.05, 3.63) is 70.5 Å². The number of aromatic nitrogens is 1. The van der Waals surface area contributed by atoms with Gasteiger partial charge < -0.3 is 0 Å². The van der Waals surface area contributed by atoms with Gasteiger partial charge in [0.15, 0.2) is 0 Å². The first-order valence-corrected chi connectivity index (χ1v) is 8.07. The summed E-state index contributed by atoms with van der Waals surface area (Å²) in [6, 6.07) is 13.1. The van der Waals surface area contributed by atoms with Crippen LogP contribution in [-0.4, -0.2) is 11.2 Å². The molecule has 5 heteroatoms. The lowest BCUT2D eigenvalue weighted by atomic mass is 10.0. The van der Waals surface area contributed by atoms with Crippen LogP contribution in [0, 0.1) is 19.7 Å². The number of rotatable bonds is 4. The second kappa shape index (κ2) is 6.71. The van der Waals surface area contributed by atoms with Gasteiger partial charge in [0.1, 0.15) is 5.82 Å². The summed E-state index contributed by atoms with van der Waals surface area (Å²) in [4.78, 5) is 4.28. The Morgan fingerprint density at radius 1 is 1.13 bits per heavy atom. The summed E-state index contributed by atoms with van der Waals surface area (Å²) < 4.78 is 13.4. The molecule has 0 saturated carbocycles. The summed E-state index contributed by atoms with van der Waals surface area (Å²) in [7, 11) is 0. The van der Waals surface area contributed by atoms with Gasteiger partial charge in [0, 0.05) is 5.38 Å². The fourth-order valence-corrected chi connectivity index (χ4v) is 2.83. The number of thiazole rings is 1. The Balaban J connectivity index is 1.78.